The first kappa shape index (κ1) is 9.45. The molecule has 1 aliphatic rings. The monoisotopic (exact) mass is 188 g/mol. The van der Waals surface area contributed by atoms with E-state index in [1.807, 2.05) is 0 Å². The number of carbonyl (C=O) groups is 1. The zero-order chi connectivity index (χ0) is 9.97. The largest absolute Gasteiger partial charge is 0.299 e. The molecule has 14 heavy (non-hydrogen) atoms. The summed E-state index contributed by atoms with van der Waals surface area (Å²) in [6, 6.07) is 8.37. The molecule has 0 bridgehead atoms. The Kier molecular flexibility index (Phi) is 2.67. The van der Waals surface area contributed by atoms with E-state index in [4.69, 9.17) is 0 Å². The molecule has 0 amide bonds. The molecule has 1 fully saturated rings. The quantitative estimate of drug-likeness (QED) is 0.697. The van der Waals surface area contributed by atoms with Crippen molar-refractivity contribution in [2.45, 2.75) is 32.6 Å². The number of aryl methyl sites for hydroxylation is 1. The normalized spacial score (nSPS) is 21.5. The van der Waals surface area contributed by atoms with Gasteiger partial charge in [-0.3, -0.25) is 4.79 Å². The van der Waals surface area contributed by atoms with Gasteiger partial charge in [-0.2, -0.15) is 0 Å². The number of carbonyl (C=O) groups excluding carboxylic acids is 1. The highest BCUT2D eigenvalue weighted by Crippen LogP contribution is 2.25. The Bertz CT molecular complexity index is 341. The van der Waals surface area contributed by atoms with E-state index >= 15 is 0 Å². The minimum atomic E-state index is 0.302. The molecule has 0 aromatic heterocycles. The third-order valence-corrected chi connectivity index (χ3v) is 3.16. The molecule has 1 aromatic rings. The summed E-state index contributed by atoms with van der Waals surface area (Å²) in [5, 5.41) is 0. The van der Waals surface area contributed by atoms with Crippen LogP contribution in [0.1, 0.15) is 30.4 Å². The Morgan fingerprint density at radius 2 is 2.14 bits per heavy atom. The van der Waals surface area contributed by atoms with Crippen LogP contribution >= 0.6 is 0 Å². The Labute approximate surface area is 85.1 Å². The van der Waals surface area contributed by atoms with E-state index in [1.54, 1.807) is 0 Å². The van der Waals surface area contributed by atoms with E-state index in [-0.39, 0.29) is 0 Å². The maximum atomic E-state index is 11.5. The lowest BCUT2D eigenvalue weighted by Crippen LogP contribution is -2.10. The van der Waals surface area contributed by atoms with Gasteiger partial charge in [0.2, 0.25) is 0 Å². The van der Waals surface area contributed by atoms with Crippen molar-refractivity contribution in [1.29, 1.82) is 0 Å². The fraction of sp³-hybridized carbons (Fsp3) is 0.462. The van der Waals surface area contributed by atoms with Crippen LogP contribution < -0.4 is 0 Å². The maximum Gasteiger partial charge on any atom is 0.136 e. The number of ketones is 1. The van der Waals surface area contributed by atoms with Crippen LogP contribution in [0.3, 0.4) is 0 Å². The SMILES string of the molecule is Cc1ccccc1CC1CCCC1=O. The predicted molar refractivity (Wildman–Crippen MR) is 57.2 cm³/mol. The number of benzene rings is 1. The molecule has 1 saturated carbocycles. The van der Waals surface area contributed by atoms with Crippen molar-refractivity contribution in [2.24, 2.45) is 5.92 Å². The first-order valence-corrected chi connectivity index (χ1v) is 5.34. The second kappa shape index (κ2) is 3.95. The van der Waals surface area contributed by atoms with Gasteiger partial charge in [-0.05, 0) is 37.3 Å². The van der Waals surface area contributed by atoms with Crippen molar-refractivity contribution in [3.8, 4) is 0 Å². The molecule has 2 rings (SSSR count). The number of rotatable bonds is 2. The van der Waals surface area contributed by atoms with E-state index in [9.17, 15) is 4.79 Å². The summed E-state index contributed by atoms with van der Waals surface area (Å²) in [5.41, 5.74) is 2.65. The molecule has 0 N–H and O–H groups in total. The van der Waals surface area contributed by atoms with Crippen molar-refractivity contribution in [3.63, 3.8) is 0 Å². The highest BCUT2D eigenvalue weighted by atomic mass is 16.1. The molecule has 0 saturated heterocycles. The van der Waals surface area contributed by atoms with Crippen LogP contribution in [0.5, 0.6) is 0 Å². The van der Waals surface area contributed by atoms with Gasteiger partial charge < -0.3 is 0 Å². The van der Waals surface area contributed by atoms with Gasteiger partial charge in [0, 0.05) is 12.3 Å². The molecular weight excluding hydrogens is 172 g/mol. The summed E-state index contributed by atoms with van der Waals surface area (Å²) in [7, 11) is 0. The van der Waals surface area contributed by atoms with Gasteiger partial charge in [0.15, 0.2) is 0 Å². The minimum absolute atomic E-state index is 0.302. The number of Topliss-reactive ketones (excluding diaryl/α,β-unsaturated/α-hetero) is 1. The molecule has 0 aliphatic heterocycles. The highest BCUT2D eigenvalue weighted by molar-refractivity contribution is 5.83. The molecule has 1 nitrogen and oxygen atoms in total. The Hall–Kier alpha value is -1.11. The number of hydrogen-bond acceptors (Lipinski definition) is 1. The van der Waals surface area contributed by atoms with Crippen LogP contribution in [0.2, 0.25) is 0 Å². The van der Waals surface area contributed by atoms with Crippen molar-refractivity contribution >= 4 is 5.78 Å². The van der Waals surface area contributed by atoms with Crippen molar-refractivity contribution in [1.82, 2.24) is 0 Å². The predicted octanol–water partition coefficient (Wildman–Crippen LogP) is 2.91. The van der Waals surface area contributed by atoms with Gasteiger partial charge in [-0.25, -0.2) is 0 Å². The molecule has 0 spiro atoms. The van der Waals surface area contributed by atoms with Gasteiger partial charge in [0.1, 0.15) is 5.78 Å². The molecule has 1 aromatic carbocycles. The lowest BCUT2D eigenvalue weighted by molar-refractivity contribution is -0.120. The molecule has 74 valence electrons. The summed E-state index contributed by atoms with van der Waals surface area (Å²) < 4.78 is 0. The Morgan fingerprint density at radius 1 is 1.36 bits per heavy atom. The van der Waals surface area contributed by atoms with Gasteiger partial charge in [0.05, 0.1) is 0 Å². The summed E-state index contributed by atoms with van der Waals surface area (Å²) in [4.78, 5) is 11.5. The fourth-order valence-corrected chi connectivity index (χ4v) is 2.21. The van der Waals surface area contributed by atoms with Crippen molar-refractivity contribution < 1.29 is 4.79 Å². The van der Waals surface area contributed by atoms with E-state index in [1.165, 1.54) is 11.1 Å². The molecule has 1 atom stereocenters. The zero-order valence-corrected chi connectivity index (χ0v) is 8.62. The average Bonchev–Trinajstić information content (AvgIpc) is 2.56. The molecule has 1 aliphatic carbocycles. The van der Waals surface area contributed by atoms with Crippen LogP contribution in [0.4, 0.5) is 0 Å². The van der Waals surface area contributed by atoms with Crippen LogP contribution in [0.15, 0.2) is 24.3 Å². The Balaban J connectivity index is 2.10. The average molecular weight is 188 g/mol. The van der Waals surface area contributed by atoms with Crippen LogP contribution in [-0.4, -0.2) is 5.78 Å². The second-order valence-electron chi connectivity index (χ2n) is 4.19. The van der Waals surface area contributed by atoms with Crippen LogP contribution in [0, 0.1) is 12.8 Å². The van der Waals surface area contributed by atoms with Gasteiger partial charge >= 0.3 is 0 Å². The standard InChI is InChI=1S/C13H16O/c1-10-5-2-3-6-11(10)9-12-7-4-8-13(12)14/h2-3,5-6,12H,4,7-9H2,1H3. The third-order valence-electron chi connectivity index (χ3n) is 3.16. The van der Waals surface area contributed by atoms with E-state index in [2.05, 4.69) is 31.2 Å². The van der Waals surface area contributed by atoms with E-state index < -0.39 is 0 Å². The number of hydrogen-bond donors (Lipinski definition) is 0. The summed E-state index contributed by atoms with van der Waals surface area (Å²) in [6.07, 6.45) is 3.94. The van der Waals surface area contributed by atoms with E-state index in [0.717, 1.165) is 25.7 Å². The van der Waals surface area contributed by atoms with Gasteiger partial charge in [0.25, 0.3) is 0 Å². The topological polar surface area (TPSA) is 17.1 Å². The lowest BCUT2D eigenvalue weighted by atomic mass is 9.94. The fourth-order valence-electron chi connectivity index (χ4n) is 2.21. The molecular formula is C13H16O. The molecule has 1 heteroatoms. The Morgan fingerprint density at radius 3 is 2.79 bits per heavy atom. The first-order valence-electron chi connectivity index (χ1n) is 5.34. The molecule has 0 heterocycles. The summed E-state index contributed by atoms with van der Waals surface area (Å²) in [5.74, 6) is 0.768. The lowest BCUT2D eigenvalue weighted by Gasteiger charge is -2.09. The third kappa shape index (κ3) is 1.87. The second-order valence-corrected chi connectivity index (χ2v) is 4.19. The maximum absolute atomic E-state index is 11.5. The summed E-state index contributed by atoms with van der Waals surface area (Å²) in [6.45, 7) is 2.12. The van der Waals surface area contributed by atoms with Crippen LogP contribution in [0.25, 0.3) is 0 Å². The van der Waals surface area contributed by atoms with Gasteiger partial charge in [-0.1, -0.05) is 24.3 Å². The highest BCUT2D eigenvalue weighted by Gasteiger charge is 2.24. The smallest absolute Gasteiger partial charge is 0.136 e. The molecule has 0 radical (unpaired) electrons. The zero-order valence-electron chi connectivity index (χ0n) is 8.62. The molecule has 1 unspecified atom stereocenters. The van der Waals surface area contributed by atoms with Gasteiger partial charge in [-0.15, -0.1) is 0 Å². The summed E-state index contributed by atoms with van der Waals surface area (Å²) >= 11 is 0. The van der Waals surface area contributed by atoms with Crippen LogP contribution in [-0.2, 0) is 11.2 Å². The van der Waals surface area contributed by atoms with E-state index in [0.29, 0.717) is 11.7 Å². The van der Waals surface area contributed by atoms with Crippen molar-refractivity contribution in [3.05, 3.63) is 35.4 Å². The minimum Gasteiger partial charge on any atom is -0.299 e. The first-order chi connectivity index (χ1) is 6.77. The van der Waals surface area contributed by atoms with Crippen molar-refractivity contribution in [2.75, 3.05) is 0 Å².